The lowest BCUT2D eigenvalue weighted by Gasteiger charge is -1.92. The Morgan fingerprint density at radius 2 is 2.36 bits per heavy atom. The van der Waals surface area contributed by atoms with E-state index in [0.29, 0.717) is 0 Å². The van der Waals surface area contributed by atoms with Crippen LogP contribution in [0.2, 0.25) is 0 Å². The molecule has 0 spiro atoms. The first-order valence-corrected chi connectivity index (χ1v) is 4.25. The van der Waals surface area contributed by atoms with E-state index in [1.54, 1.807) is 17.5 Å². The third kappa shape index (κ3) is 1.07. The second kappa shape index (κ2) is 2.51. The molecule has 1 aromatic heterocycles. The zero-order valence-corrected chi connectivity index (χ0v) is 6.93. The molecule has 0 N–H and O–H groups in total. The average Bonchev–Trinajstić information content (AvgIpc) is 2.55. The van der Waals surface area contributed by atoms with Gasteiger partial charge in [-0.1, -0.05) is 0 Å². The van der Waals surface area contributed by atoms with E-state index >= 15 is 0 Å². The van der Waals surface area contributed by atoms with Gasteiger partial charge in [0.1, 0.15) is 5.71 Å². The molecule has 55 valence electrons. The van der Waals surface area contributed by atoms with E-state index in [9.17, 15) is 0 Å². The Labute approximate surface area is 69.3 Å². The number of hydrogen-bond acceptors (Lipinski definition) is 2. The molecule has 0 saturated carbocycles. The molecule has 3 heteroatoms. The van der Waals surface area contributed by atoms with E-state index in [2.05, 4.69) is 28.9 Å². The summed E-state index contributed by atoms with van der Waals surface area (Å²) in [5.74, 6) is 0. The maximum Gasteiger partial charge on any atom is 0.105 e. The lowest BCUT2D eigenvalue weighted by molar-refractivity contribution is 0.972. The lowest BCUT2D eigenvalue weighted by atomic mass is 10.2. The molecule has 0 aromatic carbocycles. The van der Waals surface area contributed by atoms with Gasteiger partial charge in [0.2, 0.25) is 0 Å². The van der Waals surface area contributed by atoms with Crippen LogP contribution in [0.3, 0.4) is 0 Å². The van der Waals surface area contributed by atoms with Gasteiger partial charge >= 0.3 is 0 Å². The van der Waals surface area contributed by atoms with E-state index in [4.69, 9.17) is 0 Å². The van der Waals surface area contributed by atoms with Crippen molar-refractivity contribution in [2.45, 2.75) is 6.92 Å². The predicted octanol–water partition coefficient (Wildman–Crippen LogP) is 1.89. The maximum atomic E-state index is 3.98. The van der Waals surface area contributed by atoms with Crippen molar-refractivity contribution >= 4 is 17.0 Å². The molecule has 2 rings (SSSR count). The molecule has 0 amide bonds. The van der Waals surface area contributed by atoms with Crippen molar-refractivity contribution in [3.8, 4) is 0 Å². The zero-order valence-electron chi connectivity index (χ0n) is 6.11. The van der Waals surface area contributed by atoms with Crippen LogP contribution < -0.4 is 5.43 Å². The van der Waals surface area contributed by atoms with Gasteiger partial charge in [-0.25, -0.2) is 0 Å². The summed E-state index contributed by atoms with van der Waals surface area (Å²) in [4.78, 5) is 1.22. The molecule has 0 saturated heterocycles. The first kappa shape index (κ1) is 6.61. The van der Waals surface area contributed by atoms with Crippen molar-refractivity contribution in [1.29, 1.82) is 0 Å². The topological polar surface area (TPSA) is 26.5 Å². The minimum Gasteiger partial charge on any atom is -0.158 e. The van der Waals surface area contributed by atoms with E-state index < -0.39 is 0 Å². The smallest absolute Gasteiger partial charge is 0.105 e. The highest BCUT2D eigenvalue weighted by molar-refractivity contribution is 7.12. The first-order valence-electron chi connectivity index (χ1n) is 3.37. The van der Waals surface area contributed by atoms with Crippen molar-refractivity contribution in [3.05, 3.63) is 34.2 Å². The fraction of sp³-hybridized carbons (Fsp3) is 0.125. The molecule has 1 aromatic rings. The molecular formula is C8H7N2S. The largest absolute Gasteiger partial charge is 0.158 e. The number of hydrogen-bond donors (Lipinski definition) is 0. The lowest BCUT2D eigenvalue weighted by Crippen LogP contribution is -1.92. The summed E-state index contributed by atoms with van der Waals surface area (Å²) in [5, 5.41) is 6.05. The summed E-state index contributed by atoms with van der Waals surface area (Å²) in [7, 11) is 0. The molecule has 11 heavy (non-hydrogen) atoms. The summed E-state index contributed by atoms with van der Waals surface area (Å²) >= 11 is 1.70. The first-order chi connectivity index (χ1) is 5.38. The van der Waals surface area contributed by atoms with Crippen LogP contribution in [0.1, 0.15) is 10.4 Å². The molecular weight excluding hydrogens is 156 g/mol. The van der Waals surface area contributed by atoms with E-state index in [1.165, 1.54) is 10.4 Å². The Morgan fingerprint density at radius 1 is 1.45 bits per heavy atom. The molecule has 0 aliphatic carbocycles. The highest BCUT2D eigenvalue weighted by Crippen LogP contribution is 2.18. The number of nitrogens with zero attached hydrogens (tertiary/aromatic N) is 2. The molecule has 2 nitrogen and oxygen atoms in total. The standard InChI is InChI=1S/C8H7N2S/c1-6-3-5-11-8(6)7-2-4-9-10-7/h2-5H,1H3. The minimum absolute atomic E-state index is 0.984. The van der Waals surface area contributed by atoms with Gasteiger partial charge in [0.05, 0.1) is 11.1 Å². The zero-order chi connectivity index (χ0) is 7.68. The highest BCUT2D eigenvalue weighted by Gasteiger charge is 2.07. The third-order valence-electron chi connectivity index (χ3n) is 1.56. The minimum atomic E-state index is 0.984. The Morgan fingerprint density at radius 3 is 2.91 bits per heavy atom. The van der Waals surface area contributed by atoms with Crippen molar-refractivity contribution in [3.63, 3.8) is 0 Å². The van der Waals surface area contributed by atoms with Gasteiger partial charge in [-0.05, 0) is 30.0 Å². The normalized spacial score (nSPS) is 14.8. The number of thiophene rings is 1. The van der Waals surface area contributed by atoms with Crippen molar-refractivity contribution in [1.82, 2.24) is 5.43 Å². The SMILES string of the molecule is Cc1ccsc1C1=N[N]C=C1. The number of aryl methyl sites for hydroxylation is 1. The molecule has 0 fully saturated rings. The van der Waals surface area contributed by atoms with Crippen LogP contribution in [-0.2, 0) is 0 Å². The Hall–Kier alpha value is -1.09. The fourth-order valence-corrected chi connectivity index (χ4v) is 1.88. The molecule has 2 heterocycles. The monoisotopic (exact) mass is 163 g/mol. The second-order valence-corrected chi connectivity index (χ2v) is 3.27. The summed E-state index contributed by atoms with van der Waals surface area (Å²) in [6.07, 6.45) is 3.65. The summed E-state index contributed by atoms with van der Waals surface area (Å²) in [5.41, 5.74) is 6.03. The van der Waals surface area contributed by atoms with Gasteiger partial charge < -0.3 is 0 Å². The van der Waals surface area contributed by atoms with Gasteiger partial charge in [-0.2, -0.15) is 5.43 Å². The summed E-state index contributed by atoms with van der Waals surface area (Å²) < 4.78 is 0. The van der Waals surface area contributed by atoms with Crippen LogP contribution in [0.15, 0.2) is 28.8 Å². The molecule has 1 radical (unpaired) electrons. The van der Waals surface area contributed by atoms with Gasteiger partial charge in [-0.15, -0.1) is 16.4 Å². The molecule has 1 aliphatic heterocycles. The summed E-state index contributed by atoms with van der Waals surface area (Å²) in [6, 6.07) is 2.09. The van der Waals surface area contributed by atoms with Gasteiger partial charge in [0, 0.05) is 0 Å². The third-order valence-corrected chi connectivity index (χ3v) is 2.60. The van der Waals surface area contributed by atoms with Crippen molar-refractivity contribution in [2.24, 2.45) is 5.10 Å². The van der Waals surface area contributed by atoms with E-state index in [-0.39, 0.29) is 0 Å². The van der Waals surface area contributed by atoms with Crippen LogP contribution in [-0.4, -0.2) is 5.71 Å². The number of rotatable bonds is 1. The van der Waals surface area contributed by atoms with Crippen molar-refractivity contribution in [2.75, 3.05) is 0 Å². The van der Waals surface area contributed by atoms with Gasteiger partial charge in [0.25, 0.3) is 0 Å². The van der Waals surface area contributed by atoms with Crippen LogP contribution in [0.5, 0.6) is 0 Å². The Bertz CT molecular complexity index is 323. The molecule has 0 atom stereocenters. The average molecular weight is 163 g/mol. The maximum absolute atomic E-state index is 3.98. The fourth-order valence-electron chi connectivity index (χ4n) is 0.989. The second-order valence-electron chi connectivity index (χ2n) is 2.35. The van der Waals surface area contributed by atoms with Crippen molar-refractivity contribution < 1.29 is 0 Å². The van der Waals surface area contributed by atoms with Gasteiger partial charge in [-0.3, -0.25) is 0 Å². The number of allylic oxidation sites excluding steroid dienone is 1. The molecule has 0 bridgehead atoms. The molecule has 0 unspecified atom stereocenters. The molecule has 1 aliphatic rings. The van der Waals surface area contributed by atoms with Crippen LogP contribution in [0.25, 0.3) is 0 Å². The van der Waals surface area contributed by atoms with Crippen LogP contribution >= 0.6 is 11.3 Å². The Kier molecular flexibility index (Phi) is 1.51. The van der Waals surface area contributed by atoms with E-state index in [0.717, 1.165) is 5.71 Å². The quantitative estimate of drug-likeness (QED) is 0.604. The van der Waals surface area contributed by atoms with E-state index in [1.807, 2.05) is 6.08 Å². The Balaban J connectivity index is 2.43. The highest BCUT2D eigenvalue weighted by atomic mass is 32.1. The van der Waals surface area contributed by atoms with Gasteiger partial charge in [0.15, 0.2) is 0 Å². The van der Waals surface area contributed by atoms with Crippen LogP contribution in [0.4, 0.5) is 0 Å². The summed E-state index contributed by atoms with van der Waals surface area (Å²) in [6.45, 7) is 2.08. The van der Waals surface area contributed by atoms with Crippen LogP contribution in [0, 0.1) is 6.92 Å². The predicted molar refractivity (Wildman–Crippen MR) is 46.9 cm³/mol.